The normalized spacial score (nSPS) is 20.6. The topological polar surface area (TPSA) is 88.5 Å². The van der Waals surface area contributed by atoms with Crippen molar-refractivity contribution in [1.82, 2.24) is 14.2 Å². The monoisotopic (exact) mass is 437 g/mol. The lowest BCUT2D eigenvalue weighted by atomic mass is 9.84. The summed E-state index contributed by atoms with van der Waals surface area (Å²) in [4.78, 5) is 24.2. The van der Waals surface area contributed by atoms with Crippen LogP contribution in [0.2, 0.25) is 0 Å². The van der Waals surface area contributed by atoms with Crippen molar-refractivity contribution in [3.63, 3.8) is 0 Å². The van der Waals surface area contributed by atoms with Crippen LogP contribution in [0.25, 0.3) is 0 Å². The van der Waals surface area contributed by atoms with E-state index in [4.69, 9.17) is 0 Å². The van der Waals surface area contributed by atoms with Crippen molar-refractivity contribution in [2.75, 3.05) is 13.1 Å². The number of pyridine rings is 1. The van der Waals surface area contributed by atoms with E-state index in [0.717, 1.165) is 22.9 Å². The molecule has 11 heteroatoms. The molecule has 0 radical (unpaired) electrons. The number of carbonyl (C=O) groups is 1. The summed E-state index contributed by atoms with van der Waals surface area (Å²) in [7, 11) is -3.84. The molecule has 2 rings (SSSR count). The largest absolute Gasteiger partial charge is 0.393 e. The van der Waals surface area contributed by atoms with E-state index in [1.54, 1.807) is 13.8 Å². The Kier molecular flexibility index (Phi) is 7.50. The summed E-state index contributed by atoms with van der Waals surface area (Å²) < 4.78 is 66.8. The Labute approximate surface area is 167 Å². The van der Waals surface area contributed by atoms with E-state index in [9.17, 15) is 31.2 Å². The van der Waals surface area contributed by atoms with Crippen molar-refractivity contribution in [3.05, 3.63) is 28.7 Å². The highest BCUT2D eigenvalue weighted by Gasteiger charge is 2.45. The van der Waals surface area contributed by atoms with Gasteiger partial charge in [-0.25, -0.2) is 8.42 Å². The van der Waals surface area contributed by atoms with Gasteiger partial charge in [0.05, 0.1) is 10.8 Å². The van der Waals surface area contributed by atoms with Gasteiger partial charge in [0.1, 0.15) is 6.54 Å². The van der Waals surface area contributed by atoms with Gasteiger partial charge in [-0.1, -0.05) is 26.7 Å². The number of carbonyl (C=O) groups excluding carboxylic acids is 1. The van der Waals surface area contributed by atoms with Crippen LogP contribution >= 0.6 is 0 Å². The van der Waals surface area contributed by atoms with Crippen LogP contribution in [0.15, 0.2) is 28.0 Å². The molecule has 7 nitrogen and oxygen atoms in total. The van der Waals surface area contributed by atoms with Gasteiger partial charge in [-0.05, 0) is 18.9 Å². The first-order chi connectivity index (χ1) is 13.5. The zero-order chi connectivity index (χ0) is 21.8. The molecule has 1 aliphatic carbocycles. The van der Waals surface area contributed by atoms with Crippen LogP contribution in [-0.4, -0.2) is 48.5 Å². The average molecular weight is 437 g/mol. The predicted octanol–water partition coefficient (Wildman–Crippen LogP) is 2.12. The van der Waals surface area contributed by atoms with Crippen molar-refractivity contribution in [1.29, 1.82) is 0 Å². The molecule has 1 aliphatic rings. The van der Waals surface area contributed by atoms with Gasteiger partial charge in [-0.2, -0.15) is 17.5 Å². The number of sulfonamides is 1. The van der Waals surface area contributed by atoms with E-state index in [1.807, 2.05) is 0 Å². The first-order valence-corrected chi connectivity index (χ1v) is 11.0. The fourth-order valence-corrected chi connectivity index (χ4v) is 5.08. The number of alkyl halides is 3. The quantitative estimate of drug-likeness (QED) is 0.708. The van der Waals surface area contributed by atoms with Gasteiger partial charge < -0.3 is 9.88 Å². The second-order valence-electron chi connectivity index (χ2n) is 7.03. The summed E-state index contributed by atoms with van der Waals surface area (Å²) in [5.41, 5.74) is -0.616. The zero-order valence-corrected chi connectivity index (χ0v) is 17.2. The number of halogens is 3. The zero-order valence-electron chi connectivity index (χ0n) is 16.4. The number of aromatic nitrogens is 1. The molecule has 0 bridgehead atoms. The lowest BCUT2D eigenvalue weighted by Crippen LogP contribution is -2.49. The second-order valence-corrected chi connectivity index (χ2v) is 8.96. The Hall–Kier alpha value is -1.88. The maximum absolute atomic E-state index is 13.2. The standard InChI is InChI=1S/C18H26F3N3O4S/c1-3-24(4-2)29(27,28)13-9-10-17(26)23(11-13)12-16(25)22-15-8-6-5-7-14(15)18(19,20)21/h9-11,14-15H,3-8,12H2,1-2H3,(H,22,25)/t14-,15+/m1/s1. The molecule has 164 valence electrons. The third-order valence-electron chi connectivity index (χ3n) is 5.15. The molecule has 0 aliphatic heterocycles. The van der Waals surface area contributed by atoms with E-state index in [-0.39, 0.29) is 30.8 Å². The van der Waals surface area contributed by atoms with Gasteiger partial charge in [0.2, 0.25) is 15.9 Å². The SMILES string of the molecule is CCN(CC)S(=O)(=O)c1ccc(=O)n(CC(=O)N[C@H]2CCCC[C@H]2C(F)(F)F)c1. The summed E-state index contributed by atoms with van der Waals surface area (Å²) in [6, 6.07) is 1.14. The van der Waals surface area contributed by atoms with Gasteiger partial charge in [-0.3, -0.25) is 9.59 Å². The highest BCUT2D eigenvalue weighted by molar-refractivity contribution is 7.89. The molecule has 1 saturated carbocycles. The van der Waals surface area contributed by atoms with Crippen molar-refractivity contribution < 1.29 is 26.4 Å². The van der Waals surface area contributed by atoms with Crippen LogP contribution in [0.3, 0.4) is 0 Å². The molecule has 1 aromatic heterocycles. The molecule has 0 saturated heterocycles. The van der Waals surface area contributed by atoms with Crippen molar-refractivity contribution in [2.24, 2.45) is 5.92 Å². The summed E-state index contributed by atoms with van der Waals surface area (Å²) in [5.74, 6) is -2.38. The maximum Gasteiger partial charge on any atom is 0.393 e. The molecule has 2 atom stereocenters. The number of rotatable bonds is 7. The number of hydrogen-bond acceptors (Lipinski definition) is 4. The van der Waals surface area contributed by atoms with Crippen LogP contribution in [0.1, 0.15) is 39.5 Å². The Morgan fingerprint density at radius 2 is 1.83 bits per heavy atom. The van der Waals surface area contributed by atoms with Crippen LogP contribution in [0, 0.1) is 5.92 Å². The van der Waals surface area contributed by atoms with E-state index in [0.29, 0.717) is 12.8 Å². The fraction of sp³-hybridized carbons (Fsp3) is 0.667. The fourth-order valence-electron chi connectivity index (χ4n) is 3.60. The molecular weight excluding hydrogens is 411 g/mol. The Balaban J connectivity index is 2.19. The predicted molar refractivity (Wildman–Crippen MR) is 101 cm³/mol. The molecule has 29 heavy (non-hydrogen) atoms. The third kappa shape index (κ3) is 5.59. The Morgan fingerprint density at radius 3 is 2.41 bits per heavy atom. The van der Waals surface area contributed by atoms with Crippen molar-refractivity contribution in [3.8, 4) is 0 Å². The number of amides is 1. The lowest BCUT2D eigenvalue weighted by molar-refractivity contribution is -0.189. The minimum absolute atomic E-state index is 0.0496. The molecule has 1 N–H and O–H groups in total. The van der Waals surface area contributed by atoms with E-state index in [2.05, 4.69) is 5.32 Å². The minimum Gasteiger partial charge on any atom is -0.351 e. The molecular formula is C18H26F3N3O4S. The Morgan fingerprint density at radius 1 is 1.21 bits per heavy atom. The highest BCUT2D eigenvalue weighted by Crippen LogP contribution is 2.37. The van der Waals surface area contributed by atoms with Gasteiger partial charge in [0.15, 0.2) is 0 Å². The van der Waals surface area contributed by atoms with Crippen molar-refractivity contribution in [2.45, 2.75) is 63.2 Å². The first kappa shape index (κ1) is 23.4. The highest BCUT2D eigenvalue weighted by atomic mass is 32.2. The molecule has 1 amide bonds. The smallest absolute Gasteiger partial charge is 0.351 e. The number of nitrogens with zero attached hydrogens (tertiary/aromatic N) is 2. The van der Waals surface area contributed by atoms with Crippen molar-refractivity contribution >= 4 is 15.9 Å². The average Bonchev–Trinajstić information content (AvgIpc) is 2.63. The molecule has 0 unspecified atom stereocenters. The molecule has 1 aromatic rings. The van der Waals surface area contributed by atoms with Gasteiger partial charge in [0.25, 0.3) is 5.56 Å². The lowest BCUT2D eigenvalue weighted by Gasteiger charge is -2.33. The molecule has 1 heterocycles. The summed E-state index contributed by atoms with van der Waals surface area (Å²) in [5, 5.41) is 2.38. The van der Waals surface area contributed by atoms with Crippen LogP contribution in [0.4, 0.5) is 13.2 Å². The van der Waals surface area contributed by atoms with E-state index < -0.39 is 46.2 Å². The van der Waals surface area contributed by atoms with Gasteiger partial charge in [0, 0.05) is 31.4 Å². The third-order valence-corrected chi connectivity index (χ3v) is 7.18. The molecule has 0 aromatic carbocycles. The van der Waals surface area contributed by atoms with Gasteiger partial charge >= 0.3 is 6.18 Å². The van der Waals surface area contributed by atoms with Gasteiger partial charge in [-0.15, -0.1) is 0 Å². The number of nitrogens with one attached hydrogen (secondary N) is 1. The first-order valence-electron chi connectivity index (χ1n) is 9.57. The maximum atomic E-state index is 13.2. The molecule has 1 fully saturated rings. The van der Waals surface area contributed by atoms with Crippen LogP contribution in [0.5, 0.6) is 0 Å². The number of hydrogen-bond donors (Lipinski definition) is 1. The minimum atomic E-state index is -4.41. The van der Waals surface area contributed by atoms with Crippen LogP contribution < -0.4 is 10.9 Å². The van der Waals surface area contributed by atoms with Crippen LogP contribution in [-0.2, 0) is 21.4 Å². The summed E-state index contributed by atoms with van der Waals surface area (Å²) in [6.07, 6.45) is -2.17. The second kappa shape index (κ2) is 9.29. The Bertz CT molecular complexity index is 879. The van der Waals surface area contributed by atoms with E-state index in [1.165, 1.54) is 4.31 Å². The summed E-state index contributed by atoms with van der Waals surface area (Å²) >= 11 is 0. The van der Waals surface area contributed by atoms with E-state index >= 15 is 0 Å². The summed E-state index contributed by atoms with van der Waals surface area (Å²) in [6.45, 7) is 3.26. The molecule has 0 spiro atoms.